The van der Waals surface area contributed by atoms with Crippen LogP contribution in [-0.4, -0.2) is 102 Å². The number of hydrogen-bond acceptors (Lipinski definition) is 19. The van der Waals surface area contributed by atoms with Gasteiger partial charge in [0.2, 0.25) is 0 Å². The van der Waals surface area contributed by atoms with E-state index in [-0.39, 0.29) is 106 Å². The summed E-state index contributed by atoms with van der Waals surface area (Å²) < 4.78 is 0. The van der Waals surface area contributed by atoms with Gasteiger partial charge in [-0.1, -0.05) is 36.7 Å². The van der Waals surface area contributed by atoms with E-state index in [0.717, 1.165) is 6.54 Å². The van der Waals surface area contributed by atoms with Crippen molar-refractivity contribution in [2.45, 2.75) is 27.7 Å². The average molecular weight is 751 g/mol. The zero-order chi connectivity index (χ0) is 38.1. The van der Waals surface area contributed by atoms with Crippen LogP contribution >= 0.6 is 34.8 Å². The molecule has 3 aromatic rings. The molecular weight excluding hydrogens is 709 g/mol. The highest BCUT2D eigenvalue weighted by molar-refractivity contribution is 6.32. The van der Waals surface area contributed by atoms with Gasteiger partial charge in [0.25, 0.3) is 5.15 Å². The van der Waals surface area contributed by atoms with Crippen LogP contribution in [0.15, 0.2) is 4.99 Å². The van der Waals surface area contributed by atoms with Crippen LogP contribution in [0.4, 0.5) is 40.7 Å². The Bertz CT molecular complexity index is 1530. The zero-order valence-electron chi connectivity index (χ0n) is 27.1. The van der Waals surface area contributed by atoms with Gasteiger partial charge in [-0.15, -0.1) is 4.98 Å². The lowest BCUT2D eigenvalue weighted by Crippen LogP contribution is -2.20. The molecule has 21 nitrogen and oxygen atoms in total. The smallest absolute Gasteiger partial charge is 0.313 e. The summed E-state index contributed by atoms with van der Waals surface area (Å²) in [5.41, 5.74) is 27.7. The van der Waals surface area contributed by atoms with E-state index in [1.165, 1.54) is 6.92 Å². The number of nitrogen functional groups attached to an aromatic ring is 3. The SMILES string of the molecule is CC(=N)c1nc(Cl)c(NCO)nc1N.CCN.CCN=C(N)c1nc(Cl)c(NCO)nc1N.CCO.[C-]#[N+]c1nc(Cl)c(NCO)nc1N. The lowest BCUT2D eigenvalue weighted by atomic mass is 10.3. The van der Waals surface area contributed by atoms with Gasteiger partial charge in [0.15, 0.2) is 45.2 Å². The molecule has 0 bridgehead atoms. The number of aliphatic hydroxyl groups is 4. The average Bonchev–Trinajstić information content (AvgIpc) is 3.04. The highest BCUT2D eigenvalue weighted by Gasteiger charge is 2.14. The summed E-state index contributed by atoms with van der Waals surface area (Å²) in [6.07, 6.45) is 0. The third kappa shape index (κ3) is 17.3. The molecule has 0 unspecified atom stereocenters. The first-order valence-electron chi connectivity index (χ1n) is 13.7. The van der Waals surface area contributed by atoms with E-state index in [9.17, 15) is 0 Å². The Balaban J connectivity index is 0. The molecule has 0 saturated heterocycles. The van der Waals surface area contributed by atoms with Crippen LogP contribution < -0.4 is 44.6 Å². The van der Waals surface area contributed by atoms with Gasteiger partial charge in [0, 0.05) is 13.2 Å². The molecule has 3 rings (SSSR count). The van der Waals surface area contributed by atoms with E-state index < -0.39 is 0 Å². The predicted octanol–water partition coefficient (Wildman–Crippen LogP) is 0.849. The lowest BCUT2D eigenvalue weighted by molar-refractivity contribution is 0.318. The molecule has 49 heavy (non-hydrogen) atoms. The summed E-state index contributed by atoms with van der Waals surface area (Å²) in [7, 11) is 0. The van der Waals surface area contributed by atoms with Crippen LogP contribution in [0.25, 0.3) is 4.85 Å². The molecular formula is C25H42Cl3N17O4. The number of nitrogens with two attached hydrogens (primary N) is 5. The normalized spacial score (nSPS) is 9.82. The third-order valence-corrected chi connectivity index (χ3v) is 5.18. The standard InChI is InChI=1S/C8H13ClN6O.C7H10ClN5O.C6H6ClN5O.C2H7N.C2H6O/c1-2-12-6(10)4-7(11)15-8(13-3-16)5(9)14-4;1-3(9)4-6(10)13-7(11-2-14)5(8)12-4;1-9-6-4(8)12-5(10-2-13)3(7)11-6;2*1-2-3/h16H,2-3H2,1H3,(H2,10,12)(H3,11,13,15);9,14H,2H2,1H3,(H3,10,11,13);13H,2H2,(H3,8,10,12);2-3H2,1H3;3H,2H2,1H3. The van der Waals surface area contributed by atoms with E-state index in [2.05, 4.69) is 55.7 Å². The zero-order valence-corrected chi connectivity index (χ0v) is 29.4. The van der Waals surface area contributed by atoms with Crippen molar-refractivity contribution < 1.29 is 20.4 Å². The van der Waals surface area contributed by atoms with Gasteiger partial charge < -0.3 is 75.3 Å². The maximum Gasteiger partial charge on any atom is 0.313 e. The lowest BCUT2D eigenvalue weighted by Gasteiger charge is -2.08. The van der Waals surface area contributed by atoms with E-state index in [0.29, 0.717) is 6.54 Å². The Kier molecular flexibility index (Phi) is 24.9. The molecule has 3 heterocycles. The quantitative estimate of drug-likeness (QED) is 0.0623. The Hall–Kier alpha value is -4.66. The summed E-state index contributed by atoms with van der Waals surface area (Å²) in [5.74, 6) is 0.905. The number of hydrogen-bond donors (Lipinski definition) is 13. The molecule has 0 spiro atoms. The molecule has 0 amide bonds. The summed E-state index contributed by atoms with van der Waals surface area (Å²) in [4.78, 5) is 30.0. The molecule has 24 heteroatoms. The number of aromatic nitrogens is 6. The topological polar surface area (TPSA) is 365 Å². The highest BCUT2D eigenvalue weighted by Crippen LogP contribution is 2.25. The summed E-state index contributed by atoms with van der Waals surface area (Å²) in [6, 6.07) is 0. The second-order valence-electron chi connectivity index (χ2n) is 8.09. The molecule has 0 fully saturated rings. The monoisotopic (exact) mass is 749 g/mol. The number of aliphatic hydroxyl groups excluding tert-OH is 4. The van der Waals surface area contributed by atoms with E-state index in [1.807, 2.05) is 13.8 Å². The van der Waals surface area contributed by atoms with Crippen molar-refractivity contribution in [1.29, 1.82) is 5.41 Å². The van der Waals surface area contributed by atoms with Crippen LogP contribution in [0.2, 0.25) is 15.5 Å². The second kappa shape index (κ2) is 26.3. The Morgan fingerprint density at radius 2 is 1.10 bits per heavy atom. The molecule has 0 radical (unpaired) electrons. The number of amidine groups is 1. The van der Waals surface area contributed by atoms with Gasteiger partial charge in [-0.05, 0) is 38.9 Å². The molecule has 0 aliphatic heterocycles. The number of nitrogens with zero attached hydrogens (tertiary/aromatic N) is 8. The third-order valence-electron chi connectivity index (χ3n) is 4.39. The Morgan fingerprint density at radius 3 is 1.45 bits per heavy atom. The van der Waals surface area contributed by atoms with Gasteiger partial charge in [0.05, 0.1) is 5.71 Å². The minimum Gasteiger partial charge on any atom is -0.397 e. The fourth-order valence-electron chi connectivity index (χ4n) is 2.63. The highest BCUT2D eigenvalue weighted by atomic mass is 35.5. The molecule has 272 valence electrons. The first-order chi connectivity index (χ1) is 23.2. The van der Waals surface area contributed by atoms with Crippen LogP contribution in [0, 0.1) is 12.0 Å². The van der Waals surface area contributed by atoms with Crippen LogP contribution in [-0.2, 0) is 0 Å². The van der Waals surface area contributed by atoms with Crippen molar-refractivity contribution in [3.8, 4) is 0 Å². The number of rotatable bonds is 9. The molecule has 0 aliphatic rings. The van der Waals surface area contributed by atoms with Gasteiger partial charge in [-0.25, -0.2) is 24.9 Å². The van der Waals surface area contributed by atoms with Gasteiger partial charge in [-0.3, -0.25) is 4.99 Å². The largest absolute Gasteiger partial charge is 0.397 e. The number of halogens is 3. The number of nitrogens with one attached hydrogen (secondary N) is 4. The first kappa shape index (κ1) is 46.5. The van der Waals surface area contributed by atoms with Crippen molar-refractivity contribution >= 4 is 87.1 Å². The maximum absolute atomic E-state index is 8.67. The maximum atomic E-state index is 8.67. The summed E-state index contributed by atoms with van der Waals surface area (Å²) in [5, 5.41) is 48.3. The number of anilines is 6. The van der Waals surface area contributed by atoms with Crippen molar-refractivity contribution in [2.24, 2.45) is 16.5 Å². The fraction of sp³-hybridized carbons (Fsp3) is 0.400. The molecule has 0 aliphatic carbocycles. The van der Waals surface area contributed by atoms with Crippen molar-refractivity contribution in [3.05, 3.63) is 38.3 Å². The van der Waals surface area contributed by atoms with Gasteiger partial charge >= 0.3 is 5.82 Å². The molecule has 0 aromatic carbocycles. The minimum atomic E-state index is -0.328. The van der Waals surface area contributed by atoms with E-state index >= 15 is 0 Å². The van der Waals surface area contributed by atoms with Crippen LogP contribution in [0.5, 0.6) is 0 Å². The number of aliphatic imine (C=N–C) groups is 1. The summed E-state index contributed by atoms with van der Waals surface area (Å²) >= 11 is 17.1. The molecule has 3 aromatic heterocycles. The van der Waals surface area contributed by atoms with Crippen molar-refractivity contribution in [2.75, 3.05) is 73.0 Å². The van der Waals surface area contributed by atoms with Crippen LogP contribution in [0.1, 0.15) is 39.1 Å². The first-order valence-corrected chi connectivity index (χ1v) is 14.9. The van der Waals surface area contributed by atoms with Crippen molar-refractivity contribution in [1.82, 2.24) is 29.9 Å². The molecule has 18 N–H and O–H groups in total. The Morgan fingerprint density at radius 1 is 0.755 bits per heavy atom. The van der Waals surface area contributed by atoms with Gasteiger partial charge in [0.1, 0.15) is 37.4 Å². The van der Waals surface area contributed by atoms with E-state index in [4.69, 9.17) is 95.9 Å². The summed E-state index contributed by atoms with van der Waals surface area (Å²) in [6.45, 7) is 14.2. The predicted molar refractivity (Wildman–Crippen MR) is 194 cm³/mol. The van der Waals surface area contributed by atoms with Gasteiger partial charge in [-0.2, -0.15) is 0 Å². The molecule has 0 atom stereocenters. The van der Waals surface area contributed by atoms with Crippen molar-refractivity contribution in [3.63, 3.8) is 0 Å². The van der Waals surface area contributed by atoms with E-state index in [1.54, 1.807) is 6.92 Å². The minimum absolute atomic E-state index is 0.00856. The fourth-order valence-corrected chi connectivity index (χ4v) is 3.21. The second-order valence-corrected chi connectivity index (χ2v) is 9.17. The molecule has 0 saturated carbocycles. The van der Waals surface area contributed by atoms with Crippen LogP contribution in [0.3, 0.4) is 0 Å². The Labute approximate surface area is 297 Å².